The van der Waals surface area contributed by atoms with Crippen LogP contribution in [-0.4, -0.2) is 101 Å². The molecule has 0 radical (unpaired) electrons. The number of nitrogens with zero attached hydrogens (tertiary/aromatic N) is 9. The molecule has 1 aromatic carbocycles. The minimum atomic E-state index is -0.646. The number of aromatic nitrogens is 6. The predicted octanol–water partition coefficient (Wildman–Crippen LogP) is 4.22. The molecule has 4 aromatic heterocycles. The first-order chi connectivity index (χ1) is 28.7. The monoisotopic (exact) mass is 800 g/mol. The van der Waals surface area contributed by atoms with Crippen LogP contribution in [0.25, 0.3) is 17.2 Å². The number of carbonyl (C=O) groups excluding carboxylic acids is 5. The highest BCUT2D eigenvalue weighted by atomic mass is 16.5. The lowest BCUT2D eigenvalue weighted by Gasteiger charge is -2.36. The van der Waals surface area contributed by atoms with Crippen molar-refractivity contribution < 1.29 is 28.5 Å². The van der Waals surface area contributed by atoms with E-state index in [1.54, 1.807) is 34.1 Å². The van der Waals surface area contributed by atoms with Crippen LogP contribution in [0.4, 0.5) is 21.9 Å². The number of nitrogens with one attached hydrogen (secondary N) is 3. The van der Waals surface area contributed by atoms with Gasteiger partial charge in [-0.3, -0.25) is 29.5 Å². The van der Waals surface area contributed by atoms with E-state index in [9.17, 15) is 24.0 Å². The molecule has 0 spiro atoms. The molecule has 5 aromatic rings. The number of piperazine rings is 1. The van der Waals surface area contributed by atoms with Crippen LogP contribution in [0.3, 0.4) is 0 Å². The van der Waals surface area contributed by atoms with E-state index in [1.165, 1.54) is 0 Å². The maximum atomic E-state index is 13.1. The number of carbonyl (C=O) groups is 5. The molecule has 304 valence electrons. The zero-order chi connectivity index (χ0) is 40.6. The van der Waals surface area contributed by atoms with E-state index in [1.807, 2.05) is 36.1 Å². The molecule has 1 unspecified atom stereocenters. The summed E-state index contributed by atoms with van der Waals surface area (Å²) in [5, 5.41) is 16.7. The first-order valence-corrected chi connectivity index (χ1v) is 20.2. The zero-order valence-electron chi connectivity index (χ0n) is 32.6. The third-order valence-corrected chi connectivity index (χ3v) is 11.7. The Bertz CT molecular complexity index is 2470. The van der Waals surface area contributed by atoms with E-state index in [4.69, 9.17) is 4.52 Å². The highest BCUT2D eigenvalue weighted by Crippen LogP contribution is 2.39. The Kier molecular flexibility index (Phi) is 10.2. The second-order valence-electron chi connectivity index (χ2n) is 15.6. The predicted molar refractivity (Wildman–Crippen MR) is 213 cm³/mol. The molecule has 59 heavy (non-hydrogen) atoms. The molecule has 1 aliphatic carbocycles. The number of unbranched alkanes of at least 4 members (excludes halogenated alkanes) is 1. The quantitative estimate of drug-likeness (QED) is 0.127. The summed E-state index contributed by atoms with van der Waals surface area (Å²) in [5.41, 5.74) is 6.57. The number of benzene rings is 1. The molecule has 18 heteroatoms. The third-order valence-electron chi connectivity index (χ3n) is 11.7. The number of fused-ring (bicyclic) bond motifs is 2. The summed E-state index contributed by atoms with van der Waals surface area (Å²) in [4.78, 5) is 82.4. The van der Waals surface area contributed by atoms with Gasteiger partial charge in [-0.1, -0.05) is 11.6 Å². The van der Waals surface area contributed by atoms with Gasteiger partial charge in [0.25, 0.3) is 5.91 Å². The minimum Gasteiger partial charge on any atom is -0.368 e. The van der Waals surface area contributed by atoms with Crippen LogP contribution in [0.1, 0.15) is 90.4 Å². The molecule has 1 saturated carbocycles. The Labute approximate surface area is 338 Å². The number of pyridine rings is 1. The van der Waals surface area contributed by atoms with Gasteiger partial charge in [-0.15, -0.1) is 0 Å². The topological polar surface area (TPSA) is 213 Å². The number of piperidine rings is 1. The van der Waals surface area contributed by atoms with Gasteiger partial charge in [0.05, 0.1) is 35.7 Å². The van der Waals surface area contributed by atoms with Gasteiger partial charge in [0.15, 0.2) is 5.65 Å². The van der Waals surface area contributed by atoms with Crippen LogP contribution in [0.2, 0.25) is 0 Å². The molecule has 2 saturated heterocycles. The lowest BCUT2D eigenvalue weighted by Crippen LogP contribution is -2.52. The second kappa shape index (κ2) is 15.9. The number of aryl methyl sites for hydroxylation is 2. The van der Waals surface area contributed by atoms with E-state index in [0.29, 0.717) is 105 Å². The van der Waals surface area contributed by atoms with Gasteiger partial charge in [-0.05, 0) is 74.4 Å². The minimum absolute atomic E-state index is 0.104. The maximum Gasteiger partial charge on any atom is 0.323 e. The molecular formula is C41H44N12O6. The lowest BCUT2D eigenvalue weighted by molar-refractivity contribution is -0.137. The van der Waals surface area contributed by atoms with Crippen molar-refractivity contribution in [2.45, 2.75) is 83.2 Å². The van der Waals surface area contributed by atoms with Crippen molar-refractivity contribution in [3.05, 3.63) is 77.2 Å². The summed E-state index contributed by atoms with van der Waals surface area (Å²) in [6.07, 6.45) is 11.0. The Balaban J connectivity index is 0.717. The molecule has 0 bridgehead atoms. The van der Waals surface area contributed by atoms with E-state index >= 15 is 0 Å². The van der Waals surface area contributed by atoms with Crippen LogP contribution >= 0.6 is 0 Å². The van der Waals surface area contributed by atoms with Gasteiger partial charge >= 0.3 is 6.03 Å². The van der Waals surface area contributed by atoms with Gasteiger partial charge in [0.2, 0.25) is 29.4 Å². The van der Waals surface area contributed by atoms with Crippen LogP contribution < -0.4 is 20.9 Å². The summed E-state index contributed by atoms with van der Waals surface area (Å²) >= 11 is 0. The number of urea groups is 1. The normalized spacial score (nSPS) is 18.2. The summed E-state index contributed by atoms with van der Waals surface area (Å²) in [6, 6.07) is 8.32. The molecule has 3 N–H and O–H groups in total. The van der Waals surface area contributed by atoms with Crippen LogP contribution in [-0.2, 0) is 27.3 Å². The Morgan fingerprint density at radius 2 is 1.81 bits per heavy atom. The molecule has 3 fully saturated rings. The summed E-state index contributed by atoms with van der Waals surface area (Å²) in [6.45, 7) is 4.71. The fraction of sp³-hybridized carbons (Fsp3) is 0.415. The lowest BCUT2D eigenvalue weighted by atomic mass is 9.82. The third kappa shape index (κ3) is 7.69. The van der Waals surface area contributed by atoms with Crippen molar-refractivity contribution in [3.63, 3.8) is 0 Å². The number of rotatable bonds is 11. The summed E-state index contributed by atoms with van der Waals surface area (Å²) in [7, 11) is 0. The Morgan fingerprint density at radius 3 is 2.59 bits per heavy atom. The highest BCUT2D eigenvalue weighted by molar-refractivity contribution is 6.05. The smallest absolute Gasteiger partial charge is 0.323 e. The summed E-state index contributed by atoms with van der Waals surface area (Å²) in [5.74, 6) is 0.316. The van der Waals surface area contributed by atoms with Crippen molar-refractivity contribution in [2.24, 2.45) is 0 Å². The standard InChI is InChI=1S/C41H44N12O6/c1-24-19-27(45-41(58)46-30-22-42-32-13-14-44-53(32)37(30)25-5-4-6-25)21-43-36(24)38-48-34(59-49-38)7-2-3-8-35(55)51-17-15-50(16-18-51)28-9-10-29-26(20-28)23-52(40(29)57)31-11-12-33(54)47-39(31)56/h9-10,13-14,19-22,25,31H,2-8,11-12,15-18,23H2,1H3,(H2,45,46,58)(H,47,54,56). The number of anilines is 3. The first kappa shape index (κ1) is 37.8. The van der Waals surface area contributed by atoms with Gasteiger partial charge < -0.3 is 29.9 Å². The number of hydrogen-bond acceptors (Lipinski definition) is 12. The molecule has 9 rings (SSSR count). The molecular weight excluding hydrogens is 757 g/mol. The van der Waals surface area contributed by atoms with Gasteiger partial charge in [0, 0.05) is 75.2 Å². The maximum absolute atomic E-state index is 13.1. The number of amides is 6. The fourth-order valence-corrected chi connectivity index (χ4v) is 8.36. The fourth-order valence-electron chi connectivity index (χ4n) is 8.36. The number of imide groups is 1. The largest absolute Gasteiger partial charge is 0.368 e. The Morgan fingerprint density at radius 1 is 0.966 bits per heavy atom. The van der Waals surface area contributed by atoms with Crippen LogP contribution in [0, 0.1) is 6.92 Å². The van der Waals surface area contributed by atoms with Crippen molar-refractivity contribution >= 4 is 52.4 Å². The molecule has 7 heterocycles. The van der Waals surface area contributed by atoms with E-state index < -0.39 is 18.0 Å². The Hall–Kier alpha value is -6.72. The van der Waals surface area contributed by atoms with Crippen molar-refractivity contribution in [3.8, 4) is 11.5 Å². The van der Waals surface area contributed by atoms with Crippen LogP contribution in [0.5, 0.6) is 0 Å². The molecule has 18 nitrogen and oxygen atoms in total. The van der Waals surface area contributed by atoms with Crippen molar-refractivity contribution in [1.82, 2.24) is 44.8 Å². The average Bonchev–Trinajstić information content (AvgIpc) is 3.96. The first-order valence-electron chi connectivity index (χ1n) is 20.2. The van der Waals surface area contributed by atoms with Gasteiger partial charge in [0.1, 0.15) is 11.7 Å². The van der Waals surface area contributed by atoms with Gasteiger partial charge in [-0.25, -0.2) is 14.3 Å². The van der Waals surface area contributed by atoms with Gasteiger partial charge in [-0.2, -0.15) is 10.1 Å². The SMILES string of the molecule is Cc1cc(NC(=O)Nc2cnc3ccnn3c2C2CCC2)cnc1-c1noc(CCCCC(=O)N2CCN(c3ccc4c(c3)CN(C3CCC(=O)NC3=O)C4=O)CC2)n1. The second-order valence-corrected chi connectivity index (χ2v) is 15.6. The molecule has 3 aliphatic heterocycles. The molecule has 1 atom stereocenters. The number of hydrogen-bond donors (Lipinski definition) is 3. The highest BCUT2D eigenvalue weighted by Gasteiger charge is 2.39. The molecule has 4 aliphatic rings. The average molecular weight is 801 g/mol. The zero-order valence-corrected chi connectivity index (χ0v) is 32.6. The molecule has 6 amide bonds. The van der Waals surface area contributed by atoms with E-state index in [0.717, 1.165) is 47.4 Å². The summed E-state index contributed by atoms with van der Waals surface area (Å²) < 4.78 is 7.32. The van der Waals surface area contributed by atoms with E-state index in [2.05, 4.69) is 46.1 Å². The van der Waals surface area contributed by atoms with Crippen LogP contribution in [0.15, 0.2) is 53.4 Å². The van der Waals surface area contributed by atoms with E-state index in [-0.39, 0.29) is 24.1 Å². The van der Waals surface area contributed by atoms with Crippen molar-refractivity contribution in [1.29, 1.82) is 0 Å². The van der Waals surface area contributed by atoms with Crippen molar-refractivity contribution in [2.75, 3.05) is 41.7 Å².